The number of hydrogen-bond donors (Lipinski definition) is 1. The van der Waals surface area contributed by atoms with Crippen LogP contribution in [0.15, 0.2) is 23.0 Å². The topological polar surface area (TPSA) is 45.8 Å². The van der Waals surface area contributed by atoms with Gasteiger partial charge in [0.1, 0.15) is 5.82 Å². The van der Waals surface area contributed by atoms with E-state index >= 15 is 0 Å². The van der Waals surface area contributed by atoms with Crippen molar-refractivity contribution in [2.75, 3.05) is 0 Å². The van der Waals surface area contributed by atoms with Crippen LogP contribution in [0.4, 0.5) is 0 Å². The minimum atomic E-state index is -0.289. The molecule has 1 heterocycles. The number of aryl methyl sites for hydroxylation is 1. The van der Waals surface area contributed by atoms with Gasteiger partial charge in [0.25, 0.3) is 5.56 Å². The number of alkyl halides is 1. The second-order valence-electron chi connectivity index (χ2n) is 3.59. The van der Waals surface area contributed by atoms with E-state index in [0.29, 0.717) is 16.7 Å². The highest BCUT2D eigenvalue weighted by Gasteiger charge is 2.07. The molecule has 0 aliphatic heterocycles. The molecular formula is C11H11ClN2O. The van der Waals surface area contributed by atoms with Crippen LogP contribution in [0.25, 0.3) is 10.9 Å². The zero-order chi connectivity index (χ0) is 11.0. The number of hydrogen-bond acceptors (Lipinski definition) is 2. The van der Waals surface area contributed by atoms with Crippen molar-refractivity contribution in [3.8, 4) is 0 Å². The Labute approximate surface area is 92.1 Å². The molecule has 1 atom stereocenters. The molecule has 0 spiro atoms. The van der Waals surface area contributed by atoms with Gasteiger partial charge in [0.2, 0.25) is 0 Å². The summed E-state index contributed by atoms with van der Waals surface area (Å²) in [6.45, 7) is 3.74. The van der Waals surface area contributed by atoms with Gasteiger partial charge in [-0.05, 0) is 31.5 Å². The average molecular weight is 223 g/mol. The van der Waals surface area contributed by atoms with Crippen LogP contribution in [0.5, 0.6) is 0 Å². The van der Waals surface area contributed by atoms with E-state index in [1.54, 1.807) is 13.0 Å². The monoisotopic (exact) mass is 222 g/mol. The van der Waals surface area contributed by atoms with Gasteiger partial charge in [-0.25, -0.2) is 4.98 Å². The van der Waals surface area contributed by atoms with E-state index in [9.17, 15) is 4.79 Å². The molecule has 0 aliphatic rings. The summed E-state index contributed by atoms with van der Waals surface area (Å²) in [7, 11) is 0. The summed E-state index contributed by atoms with van der Waals surface area (Å²) in [5.41, 5.74) is 1.64. The Morgan fingerprint density at radius 1 is 1.47 bits per heavy atom. The van der Waals surface area contributed by atoms with E-state index in [-0.39, 0.29) is 10.9 Å². The van der Waals surface area contributed by atoms with Crippen LogP contribution in [0.1, 0.15) is 23.7 Å². The molecule has 2 aromatic rings. The zero-order valence-corrected chi connectivity index (χ0v) is 9.30. The molecular weight excluding hydrogens is 212 g/mol. The van der Waals surface area contributed by atoms with Crippen molar-refractivity contribution in [3.05, 3.63) is 39.9 Å². The van der Waals surface area contributed by atoms with Gasteiger partial charge < -0.3 is 4.98 Å². The average Bonchev–Trinajstić information content (AvgIpc) is 2.16. The van der Waals surface area contributed by atoms with Crippen LogP contribution in [0.2, 0.25) is 0 Å². The normalized spacial score (nSPS) is 13.0. The van der Waals surface area contributed by atoms with Crippen LogP contribution in [-0.2, 0) is 0 Å². The standard InChI is InChI=1S/C11H11ClN2O/c1-6-3-4-8-9(5-6)13-10(7(2)12)14-11(8)15/h3-5,7H,1-2H3,(H,13,14,15)/t7-/m1/s1. The number of aromatic nitrogens is 2. The minimum Gasteiger partial charge on any atom is -0.309 e. The number of fused-ring (bicyclic) bond motifs is 1. The Balaban J connectivity index is 2.80. The molecule has 0 bridgehead atoms. The molecule has 0 saturated heterocycles. The van der Waals surface area contributed by atoms with Crippen LogP contribution in [0.3, 0.4) is 0 Å². The maximum absolute atomic E-state index is 11.7. The van der Waals surface area contributed by atoms with Gasteiger partial charge in [-0.15, -0.1) is 11.6 Å². The Bertz CT molecular complexity index is 560. The maximum Gasteiger partial charge on any atom is 0.258 e. The third-order valence-corrected chi connectivity index (χ3v) is 2.46. The van der Waals surface area contributed by atoms with Crippen LogP contribution < -0.4 is 5.56 Å². The number of H-pyrrole nitrogens is 1. The molecule has 0 aliphatic carbocycles. The van der Waals surface area contributed by atoms with Crippen LogP contribution >= 0.6 is 11.6 Å². The maximum atomic E-state index is 11.7. The van der Waals surface area contributed by atoms with Crippen molar-refractivity contribution in [3.63, 3.8) is 0 Å². The lowest BCUT2D eigenvalue weighted by Gasteiger charge is -2.04. The number of halogens is 1. The first-order valence-corrected chi connectivity index (χ1v) is 5.16. The second kappa shape index (κ2) is 3.66. The molecule has 0 unspecified atom stereocenters. The predicted molar refractivity (Wildman–Crippen MR) is 61.4 cm³/mol. The lowest BCUT2D eigenvalue weighted by Crippen LogP contribution is -2.12. The Hall–Kier alpha value is -1.35. The Kier molecular flexibility index (Phi) is 2.49. The van der Waals surface area contributed by atoms with Gasteiger partial charge in [-0.1, -0.05) is 6.07 Å². The van der Waals surface area contributed by atoms with Crippen LogP contribution in [0, 0.1) is 6.92 Å². The van der Waals surface area contributed by atoms with E-state index < -0.39 is 0 Å². The molecule has 78 valence electrons. The summed E-state index contributed by atoms with van der Waals surface area (Å²) in [4.78, 5) is 18.6. The summed E-state index contributed by atoms with van der Waals surface area (Å²) in [5, 5.41) is 0.310. The first-order chi connectivity index (χ1) is 7.08. The largest absolute Gasteiger partial charge is 0.309 e. The molecule has 2 rings (SSSR count). The number of nitrogens with zero attached hydrogens (tertiary/aromatic N) is 1. The van der Waals surface area contributed by atoms with Gasteiger partial charge in [-0.2, -0.15) is 0 Å². The molecule has 1 N–H and O–H groups in total. The molecule has 1 aromatic carbocycles. The highest BCUT2D eigenvalue weighted by atomic mass is 35.5. The Morgan fingerprint density at radius 2 is 2.20 bits per heavy atom. The van der Waals surface area contributed by atoms with E-state index in [4.69, 9.17) is 11.6 Å². The molecule has 15 heavy (non-hydrogen) atoms. The van der Waals surface area contributed by atoms with E-state index in [2.05, 4.69) is 9.97 Å². The van der Waals surface area contributed by atoms with Crippen molar-refractivity contribution in [2.24, 2.45) is 0 Å². The van der Waals surface area contributed by atoms with E-state index in [1.165, 1.54) is 0 Å². The van der Waals surface area contributed by atoms with Crippen molar-refractivity contribution < 1.29 is 0 Å². The van der Waals surface area contributed by atoms with Crippen LogP contribution in [-0.4, -0.2) is 9.97 Å². The number of aromatic amines is 1. The van der Waals surface area contributed by atoms with E-state index in [0.717, 1.165) is 5.56 Å². The third kappa shape index (κ3) is 1.88. The van der Waals surface area contributed by atoms with Gasteiger partial charge in [0, 0.05) is 0 Å². The fourth-order valence-corrected chi connectivity index (χ4v) is 1.56. The van der Waals surface area contributed by atoms with Crippen molar-refractivity contribution >= 4 is 22.5 Å². The SMILES string of the molecule is Cc1ccc2c(=O)[nH]c([C@@H](C)Cl)nc2c1. The number of benzene rings is 1. The van der Waals surface area contributed by atoms with Crippen molar-refractivity contribution in [1.29, 1.82) is 0 Å². The zero-order valence-electron chi connectivity index (χ0n) is 8.54. The molecule has 0 radical (unpaired) electrons. The fourth-order valence-electron chi connectivity index (χ4n) is 1.46. The highest BCUT2D eigenvalue weighted by Crippen LogP contribution is 2.16. The summed E-state index contributed by atoms with van der Waals surface area (Å²) in [6, 6.07) is 5.55. The first-order valence-electron chi connectivity index (χ1n) is 4.72. The summed E-state index contributed by atoms with van der Waals surface area (Å²) in [6.07, 6.45) is 0. The van der Waals surface area contributed by atoms with Crippen molar-refractivity contribution in [2.45, 2.75) is 19.2 Å². The summed E-state index contributed by atoms with van der Waals surface area (Å²) < 4.78 is 0. The lowest BCUT2D eigenvalue weighted by molar-refractivity contribution is 0.914. The van der Waals surface area contributed by atoms with Crippen molar-refractivity contribution in [1.82, 2.24) is 9.97 Å². The lowest BCUT2D eigenvalue weighted by atomic mass is 10.2. The molecule has 0 amide bonds. The van der Waals surface area contributed by atoms with Gasteiger partial charge >= 0.3 is 0 Å². The number of nitrogens with one attached hydrogen (secondary N) is 1. The fraction of sp³-hybridized carbons (Fsp3) is 0.273. The molecule has 1 aromatic heterocycles. The number of rotatable bonds is 1. The van der Waals surface area contributed by atoms with Gasteiger partial charge in [-0.3, -0.25) is 4.79 Å². The molecule has 0 saturated carbocycles. The summed E-state index contributed by atoms with van der Waals surface area (Å²) in [5.74, 6) is 0.514. The molecule has 0 fully saturated rings. The summed E-state index contributed by atoms with van der Waals surface area (Å²) >= 11 is 5.88. The predicted octanol–water partition coefficient (Wildman–Crippen LogP) is 2.53. The smallest absolute Gasteiger partial charge is 0.258 e. The second-order valence-corrected chi connectivity index (χ2v) is 4.24. The third-order valence-electron chi connectivity index (χ3n) is 2.26. The first kappa shape index (κ1) is 10.2. The van der Waals surface area contributed by atoms with E-state index in [1.807, 2.05) is 19.1 Å². The van der Waals surface area contributed by atoms with Gasteiger partial charge in [0.15, 0.2) is 0 Å². The quantitative estimate of drug-likeness (QED) is 0.754. The molecule has 3 nitrogen and oxygen atoms in total. The molecule has 4 heteroatoms. The Morgan fingerprint density at radius 3 is 2.87 bits per heavy atom. The van der Waals surface area contributed by atoms with Gasteiger partial charge in [0.05, 0.1) is 16.3 Å². The minimum absolute atomic E-state index is 0.137. The highest BCUT2D eigenvalue weighted by molar-refractivity contribution is 6.20.